The van der Waals surface area contributed by atoms with Gasteiger partial charge >= 0.3 is 0 Å². The van der Waals surface area contributed by atoms with Crippen LogP contribution in [0.2, 0.25) is 5.02 Å². The average Bonchev–Trinajstić information content (AvgIpc) is 2.24. The molecule has 1 aromatic carbocycles. The van der Waals surface area contributed by atoms with E-state index in [1.165, 1.54) is 0 Å². The van der Waals surface area contributed by atoms with Crippen LogP contribution < -0.4 is 0 Å². The number of hydrogen-bond acceptors (Lipinski definition) is 1. The van der Waals surface area contributed by atoms with E-state index in [1.807, 2.05) is 12.1 Å². The van der Waals surface area contributed by atoms with E-state index in [0.29, 0.717) is 11.4 Å². The zero-order valence-electron chi connectivity index (χ0n) is 9.14. The summed E-state index contributed by atoms with van der Waals surface area (Å²) in [5.41, 5.74) is 2.09. The first-order valence-electron chi connectivity index (χ1n) is 5.30. The molecule has 1 aromatic rings. The maximum absolute atomic E-state index is 12.0. The van der Waals surface area contributed by atoms with Crippen molar-refractivity contribution in [3.8, 4) is 0 Å². The number of fused-ring (bicyclic) bond motifs is 1. The molecule has 0 N–H and O–H groups in total. The molecule has 0 unspecified atom stereocenters. The third kappa shape index (κ3) is 2.23. The van der Waals surface area contributed by atoms with Crippen molar-refractivity contribution in [3.05, 3.63) is 34.3 Å². The Morgan fingerprint density at radius 3 is 2.80 bits per heavy atom. The summed E-state index contributed by atoms with van der Waals surface area (Å²) in [6.45, 7) is 4.30. The Morgan fingerprint density at radius 1 is 1.33 bits per heavy atom. The number of ketones is 1. The van der Waals surface area contributed by atoms with Crippen LogP contribution in [0.25, 0.3) is 0 Å². The van der Waals surface area contributed by atoms with Gasteiger partial charge in [-0.05, 0) is 36.0 Å². The van der Waals surface area contributed by atoms with E-state index in [1.54, 1.807) is 6.07 Å². The Hall–Kier alpha value is -0.820. The fraction of sp³-hybridized carbons (Fsp3) is 0.462. The normalized spacial score (nSPS) is 19.5. The van der Waals surface area contributed by atoms with Gasteiger partial charge in [-0.25, -0.2) is 0 Å². The van der Waals surface area contributed by atoms with Crippen molar-refractivity contribution < 1.29 is 4.79 Å². The fourth-order valence-corrected chi connectivity index (χ4v) is 2.29. The number of Topliss-reactive ketones (excluding diaryl/α,β-unsaturated/α-hetero) is 1. The van der Waals surface area contributed by atoms with Crippen molar-refractivity contribution >= 4 is 17.4 Å². The second kappa shape index (κ2) is 3.64. The summed E-state index contributed by atoms with van der Waals surface area (Å²) in [5, 5.41) is 0.654. The molecule has 0 atom stereocenters. The Labute approximate surface area is 95.4 Å². The van der Waals surface area contributed by atoms with Crippen molar-refractivity contribution in [1.29, 1.82) is 0 Å². The van der Waals surface area contributed by atoms with Gasteiger partial charge in [-0.15, -0.1) is 0 Å². The predicted octanol–water partition coefficient (Wildman–Crippen LogP) is 3.89. The lowest BCUT2D eigenvalue weighted by molar-refractivity contribution is 0.0934. The van der Waals surface area contributed by atoms with Crippen LogP contribution in [-0.2, 0) is 6.42 Å². The van der Waals surface area contributed by atoms with Crippen LogP contribution >= 0.6 is 11.6 Å². The lowest BCUT2D eigenvalue weighted by Gasteiger charge is -2.20. The molecule has 2 rings (SSSR count). The Kier molecular flexibility index (Phi) is 2.59. The van der Waals surface area contributed by atoms with Gasteiger partial charge < -0.3 is 0 Å². The molecule has 0 amide bonds. The SMILES string of the molecule is CC1(C)CCc2ccc(Cl)cc2C(=O)C1. The van der Waals surface area contributed by atoms with Crippen LogP contribution in [0.1, 0.15) is 42.6 Å². The molecule has 2 heteroatoms. The molecule has 0 saturated carbocycles. The number of hydrogen-bond donors (Lipinski definition) is 0. The number of carbonyl (C=O) groups excluding carboxylic acids is 1. The van der Waals surface area contributed by atoms with Gasteiger partial charge in [0.15, 0.2) is 5.78 Å². The van der Waals surface area contributed by atoms with Gasteiger partial charge in [0.05, 0.1) is 0 Å². The van der Waals surface area contributed by atoms with Crippen LogP contribution in [0, 0.1) is 5.41 Å². The van der Waals surface area contributed by atoms with Gasteiger partial charge in [0.2, 0.25) is 0 Å². The molecule has 1 aliphatic carbocycles. The Morgan fingerprint density at radius 2 is 2.07 bits per heavy atom. The van der Waals surface area contributed by atoms with Gasteiger partial charge in [-0.2, -0.15) is 0 Å². The highest BCUT2D eigenvalue weighted by Crippen LogP contribution is 2.34. The molecule has 0 bridgehead atoms. The molecule has 0 radical (unpaired) electrons. The van der Waals surface area contributed by atoms with Gasteiger partial charge in [0.25, 0.3) is 0 Å². The lowest BCUT2D eigenvalue weighted by Crippen LogP contribution is -2.14. The molecular formula is C13H15ClO. The Balaban J connectivity index is 2.44. The third-order valence-electron chi connectivity index (χ3n) is 3.08. The minimum atomic E-state index is 0.114. The minimum Gasteiger partial charge on any atom is -0.294 e. The lowest BCUT2D eigenvalue weighted by atomic mass is 9.84. The predicted molar refractivity (Wildman–Crippen MR) is 62.5 cm³/mol. The summed E-state index contributed by atoms with van der Waals surface area (Å²) in [6.07, 6.45) is 2.67. The maximum atomic E-state index is 12.0. The summed E-state index contributed by atoms with van der Waals surface area (Å²) in [4.78, 5) is 12.0. The largest absolute Gasteiger partial charge is 0.294 e. The van der Waals surface area contributed by atoms with E-state index >= 15 is 0 Å². The van der Waals surface area contributed by atoms with Gasteiger partial charge in [0.1, 0.15) is 0 Å². The number of halogens is 1. The second-order valence-electron chi connectivity index (χ2n) is 5.07. The number of aryl methyl sites for hydroxylation is 1. The van der Waals surface area contributed by atoms with Crippen LogP contribution in [0.3, 0.4) is 0 Å². The van der Waals surface area contributed by atoms with Gasteiger partial charge in [0, 0.05) is 17.0 Å². The Bertz CT molecular complexity index is 407. The molecule has 0 saturated heterocycles. The van der Waals surface area contributed by atoms with Crippen LogP contribution in [0.5, 0.6) is 0 Å². The molecule has 1 nitrogen and oxygen atoms in total. The summed E-state index contributed by atoms with van der Waals surface area (Å²) in [6, 6.07) is 5.66. The molecule has 0 heterocycles. The number of benzene rings is 1. The minimum absolute atomic E-state index is 0.114. The number of carbonyl (C=O) groups is 1. The standard InChI is InChI=1S/C13H15ClO/c1-13(2)6-5-9-3-4-10(14)7-11(9)12(15)8-13/h3-4,7H,5-6,8H2,1-2H3. The molecular weight excluding hydrogens is 208 g/mol. The van der Waals surface area contributed by atoms with Crippen LogP contribution in [-0.4, -0.2) is 5.78 Å². The molecule has 0 fully saturated rings. The van der Waals surface area contributed by atoms with Crippen molar-refractivity contribution in [1.82, 2.24) is 0 Å². The molecule has 0 aromatic heterocycles. The summed E-state index contributed by atoms with van der Waals surface area (Å²) >= 11 is 5.91. The van der Waals surface area contributed by atoms with E-state index < -0.39 is 0 Å². The maximum Gasteiger partial charge on any atom is 0.163 e. The molecule has 0 spiro atoms. The third-order valence-corrected chi connectivity index (χ3v) is 3.32. The summed E-state index contributed by atoms with van der Waals surface area (Å²) in [7, 11) is 0. The van der Waals surface area contributed by atoms with Gasteiger partial charge in [-0.1, -0.05) is 31.5 Å². The average molecular weight is 223 g/mol. The van der Waals surface area contributed by atoms with Gasteiger partial charge in [-0.3, -0.25) is 4.79 Å². The second-order valence-corrected chi connectivity index (χ2v) is 5.50. The van der Waals surface area contributed by atoms with E-state index in [9.17, 15) is 4.79 Å². The molecule has 15 heavy (non-hydrogen) atoms. The molecule has 0 aliphatic heterocycles. The quantitative estimate of drug-likeness (QED) is 0.609. The van der Waals surface area contributed by atoms with Crippen molar-refractivity contribution in [3.63, 3.8) is 0 Å². The highest BCUT2D eigenvalue weighted by molar-refractivity contribution is 6.31. The van der Waals surface area contributed by atoms with E-state index in [2.05, 4.69) is 13.8 Å². The first kappa shape index (κ1) is 10.7. The van der Waals surface area contributed by atoms with E-state index in [-0.39, 0.29) is 11.2 Å². The fourth-order valence-electron chi connectivity index (χ4n) is 2.12. The van der Waals surface area contributed by atoms with Crippen LogP contribution in [0.15, 0.2) is 18.2 Å². The van der Waals surface area contributed by atoms with Crippen LogP contribution in [0.4, 0.5) is 0 Å². The topological polar surface area (TPSA) is 17.1 Å². The zero-order chi connectivity index (χ0) is 11.1. The highest BCUT2D eigenvalue weighted by Gasteiger charge is 2.27. The van der Waals surface area contributed by atoms with Crippen molar-refractivity contribution in [2.45, 2.75) is 33.1 Å². The highest BCUT2D eigenvalue weighted by atomic mass is 35.5. The zero-order valence-corrected chi connectivity index (χ0v) is 9.90. The smallest absolute Gasteiger partial charge is 0.163 e. The molecule has 80 valence electrons. The van der Waals surface area contributed by atoms with E-state index in [0.717, 1.165) is 24.0 Å². The summed E-state index contributed by atoms with van der Waals surface area (Å²) in [5.74, 6) is 0.231. The molecule has 1 aliphatic rings. The number of rotatable bonds is 0. The first-order chi connectivity index (χ1) is 6.98. The van der Waals surface area contributed by atoms with Crippen molar-refractivity contribution in [2.24, 2.45) is 5.41 Å². The van der Waals surface area contributed by atoms with E-state index in [4.69, 9.17) is 11.6 Å². The first-order valence-corrected chi connectivity index (χ1v) is 5.67. The summed E-state index contributed by atoms with van der Waals surface area (Å²) < 4.78 is 0. The monoisotopic (exact) mass is 222 g/mol. The van der Waals surface area contributed by atoms with Crippen molar-refractivity contribution in [2.75, 3.05) is 0 Å².